The molecule has 7 heteroatoms. The summed E-state index contributed by atoms with van der Waals surface area (Å²) < 4.78 is 7.08. The lowest BCUT2D eigenvalue weighted by Gasteiger charge is -2.08. The topological polar surface area (TPSA) is 89.0 Å². The second-order valence-electron chi connectivity index (χ2n) is 7.42. The molecular weight excluding hydrogens is 392 g/mol. The minimum atomic E-state index is -0.561. The number of aromatic nitrogens is 3. The number of amides is 1. The average molecular weight is 416 g/mol. The number of hydrogen-bond donors (Lipinski definition) is 2. The van der Waals surface area contributed by atoms with Gasteiger partial charge in [0.1, 0.15) is 5.69 Å². The molecular formula is C24H24N4O3. The number of benzene rings is 2. The lowest BCUT2D eigenvalue weighted by atomic mass is 10.2. The molecule has 31 heavy (non-hydrogen) atoms. The van der Waals surface area contributed by atoms with Crippen molar-refractivity contribution in [3.63, 3.8) is 0 Å². The summed E-state index contributed by atoms with van der Waals surface area (Å²) in [4.78, 5) is 27.4. The standard InChI is InChI=1S/C24H24N4O3/c1-16-20(17(2)28(27-16)14-18-8-4-3-5-9-18)13-25-23(29)15-31-24(30)22-12-19-10-6-7-11-21(19)26-22/h3-12,26H,13-15H2,1-2H3,(H,25,29). The molecule has 7 nitrogen and oxygen atoms in total. The van der Waals surface area contributed by atoms with E-state index in [9.17, 15) is 9.59 Å². The molecule has 1 amide bonds. The van der Waals surface area contributed by atoms with Crippen molar-refractivity contribution >= 4 is 22.8 Å². The second kappa shape index (κ2) is 8.87. The van der Waals surface area contributed by atoms with Gasteiger partial charge >= 0.3 is 5.97 Å². The normalized spacial score (nSPS) is 10.9. The molecule has 2 N–H and O–H groups in total. The molecule has 2 aromatic heterocycles. The van der Waals surface area contributed by atoms with Crippen LogP contribution in [0.2, 0.25) is 0 Å². The van der Waals surface area contributed by atoms with E-state index < -0.39 is 5.97 Å². The first-order valence-corrected chi connectivity index (χ1v) is 10.1. The molecule has 0 aliphatic carbocycles. The zero-order chi connectivity index (χ0) is 21.8. The first kappa shape index (κ1) is 20.4. The molecule has 0 atom stereocenters. The molecule has 158 valence electrons. The van der Waals surface area contributed by atoms with Crippen LogP contribution in [0.15, 0.2) is 60.7 Å². The number of esters is 1. The Labute approximate surface area is 180 Å². The zero-order valence-corrected chi connectivity index (χ0v) is 17.5. The first-order chi connectivity index (χ1) is 15.0. The Morgan fingerprint density at radius 2 is 1.81 bits per heavy atom. The molecule has 0 radical (unpaired) electrons. The smallest absolute Gasteiger partial charge is 0.355 e. The highest BCUT2D eigenvalue weighted by atomic mass is 16.5. The number of H-pyrrole nitrogens is 1. The molecule has 4 aromatic rings. The van der Waals surface area contributed by atoms with Gasteiger partial charge in [0, 0.05) is 28.7 Å². The molecule has 2 aromatic carbocycles. The van der Waals surface area contributed by atoms with Crippen molar-refractivity contribution in [1.82, 2.24) is 20.1 Å². The van der Waals surface area contributed by atoms with Crippen LogP contribution in [0.1, 0.15) is 33.0 Å². The molecule has 0 saturated carbocycles. The molecule has 4 rings (SSSR count). The minimum Gasteiger partial charge on any atom is -0.451 e. The molecule has 0 spiro atoms. The van der Waals surface area contributed by atoms with Crippen LogP contribution >= 0.6 is 0 Å². The largest absolute Gasteiger partial charge is 0.451 e. The molecule has 0 aliphatic heterocycles. The van der Waals surface area contributed by atoms with Crippen molar-refractivity contribution in [1.29, 1.82) is 0 Å². The average Bonchev–Trinajstić information content (AvgIpc) is 3.32. The van der Waals surface area contributed by atoms with Gasteiger partial charge in [-0.2, -0.15) is 5.10 Å². The van der Waals surface area contributed by atoms with Crippen molar-refractivity contribution in [2.75, 3.05) is 6.61 Å². The summed E-state index contributed by atoms with van der Waals surface area (Å²) in [7, 11) is 0. The molecule has 0 aliphatic rings. The van der Waals surface area contributed by atoms with E-state index in [1.165, 1.54) is 0 Å². The fraction of sp³-hybridized carbons (Fsp3) is 0.208. The summed E-state index contributed by atoms with van der Waals surface area (Å²) in [5.41, 5.74) is 5.15. The van der Waals surface area contributed by atoms with Crippen LogP contribution in [-0.2, 0) is 22.6 Å². The highest BCUT2D eigenvalue weighted by molar-refractivity contribution is 5.95. The van der Waals surface area contributed by atoms with E-state index in [-0.39, 0.29) is 12.5 Å². The van der Waals surface area contributed by atoms with Crippen molar-refractivity contribution < 1.29 is 14.3 Å². The van der Waals surface area contributed by atoms with Gasteiger partial charge in [-0.3, -0.25) is 9.48 Å². The first-order valence-electron chi connectivity index (χ1n) is 10.1. The van der Waals surface area contributed by atoms with E-state index in [4.69, 9.17) is 4.74 Å². The molecule has 0 fully saturated rings. The lowest BCUT2D eigenvalue weighted by molar-refractivity contribution is -0.124. The summed E-state index contributed by atoms with van der Waals surface area (Å²) in [5, 5.41) is 8.32. The SMILES string of the molecule is Cc1nn(Cc2ccccc2)c(C)c1CNC(=O)COC(=O)c1cc2ccccc2[nH]1. The van der Waals surface area contributed by atoms with Gasteiger partial charge in [0.05, 0.1) is 12.2 Å². The van der Waals surface area contributed by atoms with Crippen LogP contribution in [0.25, 0.3) is 10.9 Å². The highest BCUT2D eigenvalue weighted by Gasteiger charge is 2.15. The van der Waals surface area contributed by atoms with Crippen molar-refractivity contribution in [3.05, 3.63) is 88.9 Å². The van der Waals surface area contributed by atoms with Crippen LogP contribution in [0.3, 0.4) is 0 Å². The second-order valence-corrected chi connectivity index (χ2v) is 7.42. The predicted octanol–water partition coefficient (Wildman–Crippen LogP) is 3.50. The van der Waals surface area contributed by atoms with Crippen molar-refractivity contribution in [2.45, 2.75) is 26.9 Å². The number of aromatic amines is 1. The fourth-order valence-corrected chi connectivity index (χ4v) is 3.53. The van der Waals surface area contributed by atoms with E-state index in [0.717, 1.165) is 33.4 Å². The van der Waals surface area contributed by atoms with E-state index in [0.29, 0.717) is 18.8 Å². The number of aryl methyl sites for hydroxylation is 1. The quantitative estimate of drug-likeness (QED) is 0.451. The van der Waals surface area contributed by atoms with Gasteiger partial charge in [-0.05, 0) is 31.5 Å². The number of nitrogens with zero attached hydrogens (tertiary/aromatic N) is 2. The van der Waals surface area contributed by atoms with Gasteiger partial charge in [0.25, 0.3) is 5.91 Å². The maximum atomic E-state index is 12.2. The van der Waals surface area contributed by atoms with Gasteiger partial charge < -0.3 is 15.0 Å². The predicted molar refractivity (Wildman–Crippen MR) is 118 cm³/mol. The fourth-order valence-electron chi connectivity index (χ4n) is 3.53. The third-order valence-corrected chi connectivity index (χ3v) is 5.25. The number of carbonyl (C=O) groups is 2. The minimum absolute atomic E-state index is 0.322. The van der Waals surface area contributed by atoms with Gasteiger partial charge in [-0.15, -0.1) is 0 Å². The molecule has 2 heterocycles. The Morgan fingerprint density at radius 1 is 1.06 bits per heavy atom. The number of nitrogens with one attached hydrogen (secondary N) is 2. The van der Waals surface area contributed by atoms with Crippen LogP contribution < -0.4 is 5.32 Å². The molecule has 0 unspecified atom stereocenters. The number of fused-ring (bicyclic) bond motifs is 1. The molecule has 0 bridgehead atoms. The van der Waals surface area contributed by atoms with E-state index in [1.54, 1.807) is 6.07 Å². The van der Waals surface area contributed by atoms with Crippen LogP contribution in [0.4, 0.5) is 0 Å². The van der Waals surface area contributed by atoms with E-state index in [2.05, 4.69) is 27.5 Å². The number of rotatable bonds is 7. The number of hydrogen-bond acceptors (Lipinski definition) is 4. The lowest BCUT2D eigenvalue weighted by Crippen LogP contribution is -2.28. The van der Waals surface area contributed by atoms with E-state index >= 15 is 0 Å². The third kappa shape index (κ3) is 4.66. The Bertz CT molecular complexity index is 1190. The Hall–Kier alpha value is -3.87. The van der Waals surface area contributed by atoms with E-state index in [1.807, 2.05) is 61.0 Å². The number of para-hydroxylation sites is 1. The number of carbonyl (C=O) groups excluding carboxylic acids is 2. The zero-order valence-electron chi connectivity index (χ0n) is 17.5. The van der Waals surface area contributed by atoms with Crippen LogP contribution in [-0.4, -0.2) is 33.2 Å². The van der Waals surface area contributed by atoms with Crippen molar-refractivity contribution in [3.8, 4) is 0 Å². The number of ether oxygens (including phenoxy) is 1. The van der Waals surface area contributed by atoms with Gasteiger partial charge in [0.2, 0.25) is 0 Å². The summed E-state index contributed by atoms with van der Waals surface area (Å²) in [6.07, 6.45) is 0. The van der Waals surface area contributed by atoms with Gasteiger partial charge in [-0.1, -0.05) is 48.5 Å². The van der Waals surface area contributed by atoms with Crippen LogP contribution in [0, 0.1) is 13.8 Å². The highest BCUT2D eigenvalue weighted by Crippen LogP contribution is 2.16. The van der Waals surface area contributed by atoms with Gasteiger partial charge in [0.15, 0.2) is 6.61 Å². The summed E-state index contributed by atoms with van der Waals surface area (Å²) in [5.74, 6) is -0.923. The molecule has 0 saturated heterocycles. The van der Waals surface area contributed by atoms with Gasteiger partial charge in [-0.25, -0.2) is 4.79 Å². The van der Waals surface area contributed by atoms with Crippen molar-refractivity contribution in [2.24, 2.45) is 0 Å². The van der Waals surface area contributed by atoms with Crippen LogP contribution in [0.5, 0.6) is 0 Å². The third-order valence-electron chi connectivity index (χ3n) is 5.25. The Kier molecular flexibility index (Phi) is 5.84. The Balaban J connectivity index is 1.32. The monoisotopic (exact) mass is 416 g/mol. The summed E-state index contributed by atoms with van der Waals surface area (Å²) >= 11 is 0. The maximum absolute atomic E-state index is 12.2. The summed E-state index contributed by atoms with van der Waals surface area (Å²) in [6, 6.07) is 19.4. The summed E-state index contributed by atoms with van der Waals surface area (Å²) in [6.45, 7) is 4.57. The maximum Gasteiger partial charge on any atom is 0.355 e. The Morgan fingerprint density at radius 3 is 2.58 bits per heavy atom.